The zero-order valence-corrected chi connectivity index (χ0v) is 22.0. The molecule has 0 aromatic heterocycles. The Kier molecular flexibility index (Phi) is 10.8. The summed E-state index contributed by atoms with van der Waals surface area (Å²) in [5.41, 5.74) is 13.1. The Bertz CT molecular complexity index is 1350. The SMILES string of the molecule is CCCCC(=O)Oc1ccc(OC(=O)C=Cc2ccc(C(=O)OCCOC(=O)c3cc(N)cc(N)c3)cc2)cc1. The maximum Gasteiger partial charge on any atom is 0.338 e. The van der Waals surface area contributed by atoms with Gasteiger partial charge in [0.25, 0.3) is 0 Å². The lowest BCUT2D eigenvalue weighted by Gasteiger charge is -2.08. The van der Waals surface area contributed by atoms with Gasteiger partial charge in [0.1, 0.15) is 24.7 Å². The molecule has 10 heteroatoms. The van der Waals surface area contributed by atoms with Crippen molar-refractivity contribution >= 4 is 41.3 Å². The fraction of sp³-hybridized carbons (Fsp3) is 0.200. The molecular formula is C30H30N2O8. The van der Waals surface area contributed by atoms with Crippen molar-refractivity contribution in [2.45, 2.75) is 26.2 Å². The molecule has 0 bridgehead atoms. The van der Waals surface area contributed by atoms with Gasteiger partial charge in [-0.3, -0.25) is 4.79 Å². The summed E-state index contributed by atoms with van der Waals surface area (Å²) in [5.74, 6) is -1.48. The molecule has 0 aliphatic carbocycles. The van der Waals surface area contributed by atoms with Crippen molar-refractivity contribution in [2.75, 3.05) is 24.7 Å². The van der Waals surface area contributed by atoms with E-state index in [1.165, 1.54) is 54.6 Å². The monoisotopic (exact) mass is 546 g/mol. The van der Waals surface area contributed by atoms with Crippen LogP contribution in [0.15, 0.2) is 72.8 Å². The first-order valence-electron chi connectivity index (χ1n) is 12.5. The second-order valence-electron chi connectivity index (χ2n) is 8.59. The van der Waals surface area contributed by atoms with E-state index in [1.807, 2.05) is 6.92 Å². The van der Waals surface area contributed by atoms with Gasteiger partial charge in [-0.25, -0.2) is 14.4 Å². The molecule has 3 aromatic rings. The van der Waals surface area contributed by atoms with Gasteiger partial charge >= 0.3 is 23.9 Å². The van der Waals surface area contributed by atoms with Crippen molar-refractivity contribution in [1.82, 2.24) is 0 Å². The van der Waals surface area contributed by atoms with E-state index in [4.69, 9.17) is 30.4 Å². The summed E-state index contributed by atoms with van der Waals surface area (Å²) in [4.78, 5) is 48.1. The summed E-state index contributed by atoms with van der Waals surface area (Å²) < 4.78 is 20.7. The minimum absolute atomic E-state index is 0.141. The third kappa shape index (κ3) is 9.64. The molecule has 0 aliphatic rings. The fourth-order valence-corrected chi connectivity index (χ4v) is 3.35. The molecule has 0 atom stereocenters. The molecule has 0 spiro atoms. The van der Waals surface area contributed by atoms with Crippen molar-refractivity contribution in [2.24, 2.45) is 0 Å². The molecule has 0 radical (unpaired) electrons. The molecule has 0 fully saturated rings. The molecule has 0 heterocycles. The number of ether oxygens (including phenoxy) is 4. The molecule has 0 amide bonds. The van der Waals surface area contributed by atoms with Gasteiger partial charge in [0.05, 0.1) is 11.1 Å². The van der Waals surface area contributed by atoms with Gasteiger partial charge in [-0.15, -0.1) is 0 Å². The number of carbonyl (C=O) groups is 4. The Labute approximate surface area is 231 Å². The van der Waals surface area contributed by atoms with E-state index < -0.39 is 17.9 Å². The van der Waals surface area contributed by atoms with Crippen molar-refractivity contribution in [1.29, 1.82) is 0 Å². The van der Waals surface area contributed by atoms with Crippen LogP contribution < -0.4 is 20.9 Å². The summed E-state index contributed by atoms with van der Waals surface area (Å²) in [6.07, 6.45) is 4.78. The van der Waals surface area contributed by atoms with Crippen LogP contribution >= 0.6 is 0 Å². The van der Waals surface area contributed by atoms with Gasteiger partial charge in [0.15, 0.2) is 0 Å². The molecule has 10 nitrogen and oxygen atoms in total. The molecule has 4 N–H and O–H groups in total. The molecule has 0 aliphatic heterocycles. The average Bonchev–Trinajstić information content (AvgIpc) is 2.93. The lowest BCUT2D eigenvalue weighted by Crippen LogP contribution is -2.14. The van der Waals surface area contributed by atoms with Gasteiger partial charge in [0.2, 0.25) is 0 Å². The molecule has 3 aromatic carbocycles. The van der Waals surface area contributed by atoms with Crippen LogP contribution in [-0.4, -0.2) is 37.1 Å². The van der Waals surface area contributed by atoms with E-state index in [9.17, 15) is 19.2 Å². The predicted molar refractivity (Wildman–Crippen MR) is 149 cm³/mol. The number of unbranched alkanes of at least 4 members (excludes halogenated alkanes) is 1. The van der Waals surface area contributed by atoms with Gasteiger partial charge in [-0.05, 0) is 72.7 Å². The van der Waals surface area contributed by atoms with Gasteiger partial charge < -0.3 is 30.4 Å². The van der Waals surface area contributed by atoms with E-state index in [0.717, 1.165) is 12.8 Å². The Balaban J connectivity index is 1.41. The highest BCUT2D eigenvalue weighted by Gasteiger charge is 2.11. The van der Waals surface area contributed by atoms with E-state index in [2.05, 4.69) is 0 Å². The van der Waals surface area contributed by atoms with Crippen molar-refractivity contribution in [3.05, 3.63) is 89.5 Å². The van der Waals surface area contributed by atoms with E-state index in [0.29, 0.717) is 34.9 Å². The maximum absolute atomic E-state index is 12.2. The highest BCUT2D eigenvalue weighted by atomic mass is 16.6. The quantitative estimate of drug-likeness (QED) is 0.108. The Morgan fingerprint density at radius 3 is 1.85 bits per heavy atom. The minimum Gasteiger partial charge on any atom is -0.458 e. The number of esters is 4. The highest BCUT2D eigenvalue weighted by Crippen LogP contribution is 2.19. The summed E-state index contributed by atoms with van der Waals surface area (Å²) in [6.45, 7) is 1.71. The van der Waals surface area contributed by atoms with E-state index in [1.54, 1.807) is 24.3 Å². The maximum atomic E-state index is 12.2. The van der Waals surface area contributed by atoms with Gasteiger partial charge in [0, 0.05) is 23.9 Å². The number of carbonyl (C=O) groups excluding carboxylic acids is 4. The number of hydrogen-bond acceptors (Lipinski definition) is 10. The zero-order valence-electron chi connectivity index (χ0n) is 22.0. The van der Waals surface area contributed by atoms with Crippen LogP contribution in [0.1, 0.15) is 52.5 Å². The number of anilines is 2. The van der Waals surface area contributed by atoms with E-state index in [-0.39, 0.29) is 30.3 Å². The summed E-state index contributed by atoms with van der Waals surface area (Å²) in [7, 11) is 0. The lowest BCUT2D eigenvalue weighted by molar-refractivity contribution is -0.134. The smallest absolute Gasteiger partial charge is 0.338 e. The number of nitrogens with two attached hydrogens (primary N) is 2. The largest absolute Gasteiger partial charge is 0.458 e. The average molecular weight is 547 g/mol. The number of rotatable bonds is 12. The van der Waals surface area contributed by atoms with E-state index >= 15 is 0 Å². The molecule has 0 unspecified atom stereocenters. The van der Waals surface area contributed by atoms with Crippen LogP contribution in [-0.2, 0) is 19.1 Å². The minimum atomic E-state index is -0.634. The van der Waals surface area contributed by atoms with Crippen LogP contribution in [0.4, 0.5) is 11.4 Å². The molecule has 208 valence electrons. The van der Waals surface area contributed by atoms with Crippen LogP contribution in [0.2, 0.25) is 0 Å². The predicted octanol–water partition coefficient (Wildman–Crippen LogP) is 4.58. The fourth-order valence-electron chi connectivity index (χ4n) is 3.35. The summed E-state index contributed by atoms with van der Waals surface area (Å²) in [6, 6.07) is 16.9. The first kappa shape index (κ1) is 29.4. The molecule has 0 saturated heterocycles. The topological polar surface area (TPSA) is 157 Å². The van der Waals surface area contributed by atoms with Crippen LogP contribution in [0.3, 0.4) is 0 Å². The third-order valence-corrected chi connectivity index (χ3v) is 5.33. The third-order valence-electron chi connectivity index (χ3n) is 5.33. The van der Waals surface area contributed by atoms with Crippen molar-refractivity contribution in [3.63, 3.8) is 0 Å². The molecular weight excluding hydrogens is 516 g/mol. The second-order valence-corrected chi connectivity index (χ2v) is 8.59. The second kappa shape index (κ2) is 14.7. The highest BCUT2D eigenvalue weighted by molar-refractivity contribution is 5.92. The number of nitrogen functional groups attached to an aromatic ring is 2. The Hall–Kier alpha value is -5.12. The summed E-state index contributed by atoms with van der Waals surface area (Å²) >= 11 is 0. The van der Waals surface area contributed by atoms with Crippen LogP contribution in [0.25, 0.3) is 6.08 Å². The Morgan fingerprint density at radius 1 is 0.725 bits per heavy atom. The molecule has 40 heavy (non-hydrogen) atoms. The number of hydrogen-bond donors (Lipinski definition) is 2. The van der Waals surface area contributed by atoms with Crippen LogP contribution in [0.5, 0.6) is 11.5 Å². The molecule has 3 rings (SSSR count). The van der Waals surface area contributed by atoms with Gasteiger partial charge in [-0.2, -0.15) is 0 Å². The first-order valence-corrected chi connectivity index (χ1v) is 12.5. The number of benzene rings is 3. The van der Waals surface area contributed by atoms with Crippen LogP contribution in [0, 0.1) is 0 Å². The first-order chi connectivity index (χ1) is 19.2. The van der Waals surface area contributed by atoms with Crippen molar-refractivity contribution < 1.29 is 38.1 Å². The lowest BCUT2D eigenvalue weighted by atomic mass is 10.1. The van der Waals surface area contributed by atoms with Gasteiger partial charge in [-0.1, -0.05) is 25.5 Å². The normalized spacial score (nSPS) is 10.6. The standard InChI is InChI=1S/C30H30N2O8/c1-2-3-4-27(33)39-25-10-12-26(13-11-25)40-28(34)14-7-20-5-8-21(9-6-20)29(35)37-15-16-38-30(36)22-17-23(31)19-24(32)18-22/h5-14,17-19H,2-4,15-16,31-32H2,1H3. The summed E-state index contributed by atoms with van der Waals surface area (Å²) in [5, 5.41) is 0. The molecule has 0 saturated carbocycles. The zero-order chi connectivity index (χ0) is 28.9. The Morgan fingerprint density at radius 2 is 1.27 bits per heavy atom. The van der Waals surface area contributed by atoms with Crippen molar-refractivity contribution in [3.8, 4) is 11.5 Å².